The van der Waals surface area contributed by atoms with Gasteiger partial charge >= 0.3 is 12.0 Å². The normalized spacial score (nSPS) is 9.96. The maximum Gasteiger partial charge on any atom is 0.321 e. The number of benzene rings is 2. The maximum absolute atomic E-state index is 11.8. The van der Waals surface area contributed by atoms with E-state index in [1.54, 1.807) is 0 Å². The summed E-state index contributed by atoms with van der Waals surface area (Å²) in [6.07, 6.45) is 0.0835. The van der Waals surface area contributed by atoms with Crippen LogP contribution in [0.15, 0.2) is 54.6 Å². The minimum Gasteiger partial charge on any atom is -0.455 e. The number of amides is 3. The zero-order valence-electron chi connectivity index (χ0n) is 14.0. The van der Waals surface area contributed by atoms with Gasteiger partial charge in [-0.25, -0.2) is 4.79 Å². The van der Waals surface area contributed by atoms with Crippen LogP contribution in [0.5, 0.6) is 0 Å². The molecule has 0 saturated heterocycles. The second-order valence-corrected chi connectivity index (χ2v) is 5.48. The van der Waals surface area contributed by atoms with Gasteiger partial charge < -0.3 is 10.1 Å². The van der Waals surface area contributed by atoms with Crippen LogP contribution >= 0.6 is 0 Å². The topological polar surface area (TPSA) is 84.5 Å². The van der Waals surface area contributed by atoms with Crippen molar-refractivity contribution in [3.8, 4) is 0 Å². The number of aryl methyl sites for hydroxylation is 1. The molecule has 0 aliphatic rings. The quantitative estimate of drug-likeness (QED) is 0.789. The monoisotopic (exact) mass is 340 g/mol. The summed E-state index contributed by atoms with van der Waals surface area (Å²) in [7, 11) is 0. The molecule has 0 spiro atoms. The van der Waals surface area contributed by atoms with Crippen molar-refractivity contribution in [1.29, 1.82) is 0 Å². The highest BCUT2D eigenvalue weighted by atomic mass is 16.5. The van der Waals surface area contributed by atoms with Crippen LogP contribution in [0.1, 0.15) is 16.7 Å². The molecule has 0 unspecified atom stereocenters. The van der Waals surface area contributed by atoms with Crippen molar-refractivity contribution in [3.05, 3.63) is 71.3 Å². The molecule has 0 atom stereocenters. The molecule has 2 N–H and O–H groups in total. The van der Waals surface area contributed by atoms with Crippen LogP contribution in [0, 0.1) is 6.92 Å². The van der Waals surface area contributed by atoms with Crippen molar-refractivity contribution in [1.82, 2.24) is 10.6 Å². The van der Waals surface area contributed by atoms with Gasteiger partial charge in [-0.1, -0.05) is 54.6 Å². The van der Waals surface area contributed by atoms with E-state index in [0.29, 0.717) is 6.54 Å². The fourth-order valence-electron chi connectivity index (χ4n) is 2.15. The Morgan fingerprint density at radius 3 is 2.36 bits per heavy atom. The zero-order chi connectivity index (χ0) is 18.1. The number of hydrogen-bond acceptors (Lipinski definition) is 4. The van der Waals surface area contributed by atoms with Crippen LogP contribution in [0.2, 0.25) is 0 Å². The van der Waals surface area contributed by atoms with Gasteiger partial charge in [0.15, 0.2) is 6.61 Å². The van der Waals surface area contributed by atoms with Crippen molar-refractivity contribution >= 4 is 17.9 Å². The van der Waals surface area contributed by atoms with Crippen molar-refractivity contribution in [2.24, 2.45) is 0 Å². The molecule has 0 saturated carbocycles. The van der Waals surface area contributed by atoms with Gasteiger partial charge in [0, 0.05) is 6.54 Å². The number of urea groups is 1. The summed E-state index contributed by atoms with van der Waals surface area (Å²) in [5, 5.41) is 4.67. The SMILES string of the molecule is Cc1ccccc1CC(=O)OCC(=O)NC(=O)NCc1ccccc1. The number of esters is 1. The molecule has 0 aliphatic carbocycles. The molecule has 3 amide bonds. The van der Waals surface area contributed by atoms with Gasteiger partial charge in [0.25, 0.3) is 5.91 Å². The minimum absolute atomic E-state index is 0.0835. The largest absolute Gasteiger partial charge is 0.455 e. The average Bonchev–Trinajstić information content (AvgIpc) is 2.61. The Balaban J connectivity index is 1.68. The molecule has 130 valence electrons. The molecule has 0 radical (unpaired) electrons. The zero-order valence-corrected chi connectivity index (χ0v) is 14.0. The Kier molecular flexibility index (Phi) is 6.71. The first kappa shape index (κ1) is 18.2. The fraction of sp³-hybridized carbons (Fsp3) is 0.211. The third kappa shape index (κ3) is 6.47. The first-order valence-electron chi connectivity index (χ1n) is 7.86. The van der Waals surface area contributed by atoms with Crippen molar-refractivity contribution < 1.29 is 19.1 Å². The van der Waals surface area contributed by atoms with E-state index < -0.39 is 24.5 Å². The summed E-state index contributed by atoms with van der Waals surface area (Å²) >= 11 is 0. The van der Waals surface area contributed by atoms with E-state index in [2.05, 4.69) is 10.6 Å². The number of hydrogen-bond donors (Lipinski definition) is 2. The van der Waals surface area contributed by atoms with Crippen LogP contribution in [0.4, 0.5) is 4.79 Å². The molecule has 2 rings (SSSR count). The van der Waals surface area contributed by atoms with E-state index in [9.17, 15) is 14.4 Å². The second kappa shape index (κ2) is 9.22. The summed E-state index contributed by atoms with van der Waals surface area (Å²) < 4.78 is 4.90. The summed E-state index contributed by atoms with van der Waals surface area (Å²) in [5.41, 5.74) is 2.73. The van der Waals surface area contributed by atoms with Crippen LogP contribution in [-0.4, -0.2) is 24.5 Å². The standard InChI is InChI=1S/C19H20N2O4/c1-14-7-5-6-10-16(14)11-18(23)25-13-17(22)21-19(24)20-12-15-8-3-2-4-9-15/h2-10H,11-13H2,1H3,(H2,20,21,22,24). The summed E-state index contributed by atoms with van der Waals surface area (Å²) in [5.74, 6) is -1.20. The predicted molar refractivity (Wildman–Crippen MR) is 92.7 cm³/mol. The van der Waals surface area contributed by atoms with Gasteiger partial charge in [0.1, 0.15) is 0 Å². The molecule has 0 fully saturated rings. The molecule has 6 nitrogen and oxygen atoms in total. The molecule has 0 aromatic heterocycles. The first-order chi connectivity index (χ1) is 12.0. The Labute approximate surface area is 146 Å². The lowest BCUT2D eigenvalue weighted by atomic mass is 10.1. The summed E-state index contributed by atoms with van der Waals surface area (Å²) in [6.45, 7) is 1.70. The van der Waals surface area contributed by atoms with Crippen LogP contribution in [0.25, 0.3) is 0 Å². The first-order valence-corrected chi connectivity index (χ1v) is 7.86. The second-order valence-electron chi connectivity index (χ2n) is 5.48. The highest BCUT2D eigenvalue weighted by molar-refractivity contribution is 5.95. The average molecular weight is 340 g/mol. The lowest BCUT2D eigenvalue weighted by Crippen LogP contribution is -2.41. The van der Waals surface area contributed by atoms with E-state index >= 15 is 0 Å². The number of ether oxygens (including phenoxy) is 1. The van der Waals surface area contributed by atoms with E-state index in [1.807, 2.05) is 61.5 Å². The van der Waals surface area contributed by atoms with Crippen LogP contribution in [-0.2, 0) is 27.3 Å². The molecule has 0 bridgehead atoms. The summed E-state index contributed by atoms with van der Waals surface area (Å²) in [4.78, 5) is 35.0. The van der Waals surface area contributed by atoms with E-state index in [0.717, 1.165) is 16.7 Å². The van der Waals surface area contributed by atoms with E-state index in [-0.39, 0.29) is 6.42 Å². The lowest BCUT2D eigenvalue weighted by molar-refractivity contribution is -0.147. The predicted octanol–water partition coefficient (Wildman–Crippen LogP) is 2.11. The van der Waals surface area contributed by atoms with Crippen molar-refractivity contribution in [3.63, 3.8) is 0 Å². The molecular weight excluding hydrogens is 320 g/mol. The van der Waals surface area contributed by atoms with Gasteiger partial charge in [-0.2, -0.15) is 0 Å². The molecule has 2 aromatic rings. The molecule has 25 heavy (non-hydrogen) atoms. The number of carbonyl (C=O) groups is 3. The number of carbonyl (C=O) groups excluding carboxylic acids is 3. The number of imide groups is 1. The number of rotatable bonds is 6. The third-order valence-electron chi connectivity index (χ3n) is 3.51. The molecule has 0 aliphatic heterocycles. The Bertz CT molecular complexity index is 744. The van der Waals surface area contributed by atoms with Crippen molar-refractivity contribution in [2.45, 2.75) is 19.9 Å². The highest BCUT2D eigenvalue weighted by Gasteiger charge is 2.12. The Hall–Kier alpha value is -3.15. The molecule has 6 heteroatoms. The Morgan fingerprint density at radius 1 is 0.960 bits per heavy atom. The Morgan fingerprint density at radius 2 is 1.64 bits per heavy atom. The highest BCUT2D eigenvalue weighted by Crippen LogP contribution is 2.08. The maximum atomic E-state index is 11.8. The van der Waals surface area contributed by atoms with Crippen molar-refractivity contribution in [2.75, 3.05) is 6.61 Å². The van der Waals surface area contributed by atoms with Gasteiger partial charge in [-0.05, 0) is 23.6 Å². The summed E-state index contributed by atoms with van der Waals surface area (Å²) in [6, 6.07) is 16.1. The van der Waals surface area contributed by atoms with E-state index in [4.69, 9.17) is 4.74 Å². The van der Waals surface area contributed by atoms with Gasteiger partial charge in [0.05, 0.1) is 6.42 Å². The lowest BCUT2D eigenvalue weighted by Gasteiger charge is -2.08. The van der Waals surface area contributed by atoms with Gasteiger partial charge in [0.2, 0.25) is 0 Å². The van der Waals surface area contributed by atoms with Crippen LogP contribution < -0.4 is 10.6 Å². The molecule has 2 aromatic carbocycles. The van der Waals surface area contributed by atoms with Gasteiger partial charge in [-0.15, -0.1) is 0 Å². The van der Waals surface area contributed by atoms with Crippen LogP contribution in [0.3, 0.4) is 0 Å². The molecular formula is C19H20N2O4. The third-order valence-corrected chi connectivity index (χ3v) is 3.51. The fourth-order valence-corrected chi connectivity index (χ4v) is 2.15. The van der Waals surface area contributed by atoms with Gasteiger partial charge in [-0.3, -0.25) is 14.9 Å². The molecule has 0 heterocycles. The smallest absolute Gasteiger partial charge is 0.321 e. The van der Waals surface area contributed by atoms with E-state index in [1.165, 1.54) is 0 Å². The number of nitrogens with one attached hydrogen (secondary N) is 2. The minimum atomic E-state index is -0.677.